The third-order valence-corrected chi connectivity index (χ3v) is 4.19. The number of nitro benzene ring substituents is 1. The van der Waals surface area contributed by atoms with Gasteiger partial charge in [-0.3, -0.25) is 10.1 Å². The van der Waals surface area contributed by atoms with Crippen LogP contribution in [-0.4, -0.2) is 31.7 Å². The molecule has 0 amide bonds. The standard InChI is InChI=1S/C14H21N3O3/c1-16(12-5-3-4-10(12)9-15)11-6-7-13(17(18)19)14(8-11)20-2/h6-8,10,12H,3-5,9,15H2,1-2H3. The van der Waals surface area contributed by atoms with Crippen LogP contribution in [0.1, 0.15) is 19.3 Å². The summed E-state index contributed by atoms with van der Waals surface area (Å²) < 4.78 is 5.12. The molecule has 2 atom stereocenters. The summed E-state index contributed by atoms with van der Waals surface area (Å²) in [6, 6.07) is 5.39. The number of ether oxygens (including phenoxy) is 1. The van der Waals surface area contributed by atoms with Gasteiger partial charge in [0.15, 0.2) is 5.75 Å². The van der Waals surface area contributed by atoms with E-state index in [2.05, 4.69) is 4.90 Å². The first-order chi connectivity index (χ1) is 9.58. The minimum atomic E-state index is -0.430. The Labute approximate surface area is 118 Å². The molecule has 0 spiro atoms. The van der Waals surface area contributed by atoms with Gasteiger partial charge in [0.05, 0.1) is 12.0 Å². The lowest BCUT2D eigenvalue weighted by Crippen LogP contribution is -2.37. The van der Waals surface area contributed by atoms with Crippen LogP contribution in [0.15, 0.2) is 18.2 Å². The molecule has 0 aromatic heterocycles. The summed E-state index contributed by atoms with van der Waals surface area (Å²) in [6.07, 6.45) is 3.44. The number of rotatable bonds is 5. The van der Waals surface area contributed by atoms with E-state index in [1.807, 2.05) is 7.05 Å². The van der Waals surface area contributed by atoms with Crippen molar-refractivity contribution >= 4 is 11.4 Å². The van der Waals surface area contributed by atoms with E-state index in [-0.39, 0.29) is 5.69 Å². The van der Waals surface area contributed by atoms with Crippen molar-refractivity contribution in [3.8, 4) is 5.75 Å². The number of nitro groups is 1. The van der Waals surface area contributed by atoms with Crippen molar-refractivity contribution in [2.45, 2.75) is 25.3 Å². The summed E-state index contributed by atoms with van der Waals surface area (Å²) >= 11 is 0. The Bertz CT molecular complexity index is 493. The maximum Gasteiger partial charge on any atom is 0.311 e. The highest BCUT2D eigenvalue weighted by molar-refractivity contribution is 5.59. The number of hydrogen-bond acceptors (Lipinski definition) is 5. The summed E-state index contributed by atoms with van der Waals surface area (Å²) in [5.41, 5.74) is 6.74. The van der Waals surface area contributed by atoms with Crippen molar-refractivity contribution in [2.24, 2.45) is 11.7 Å². The van der Waals surface area contributed by atoms with Crippen molar-refractivity contribution in [1.29, 1.82) is 0 Å². The van der Waals surface area contributed by atoms with Gasteiger partial charge in [-0.2, -0.15) is 0 Å². The van der Waals surface area contributed by atoms with E-state index in [1.54, 1.807) is 12.1 Å². The zero-order valence-electron chi connectivity index (χ0n) is 11.9. The average molecular weight is 279 g/mol. The van der Waals surface area contributed by atoms with Gasteiger partial charge in [0, 0.05) is 30.9 Å². The largest absolute Gasteiger partial charge is 0.490 e. The fourth-order valence-corrected chi connectivity index (χ4v) is 3.03. The molecule has 0 heterocycles. The van der Waals surface area contributed by atoms with E-state index in [0.29, 0.717) is 24.3 Å². The van der Waals surface area contributed by atoms with Crippen LogP contribution in [0.2, 0.25) is 0 Å². The molecular formula is C14H21N3O3. The maximum atomic E-state index is 10.9. The molecule has 6 heteroatoms. The molecule has 1 aliphatic carbocycles. The van der Waals surface area contributed by atoms with Gasteiger partial charge in [0.1, 0.15) is 0 Å². The fraction of sp³-hybridized carbons (Fsp3) is 0.571. The molecule has 1 aromatic carbocycles. The molecule has 1 saturated carbocycles. The molecule has 1 aromatic rings. The highest BCUT2D eigenvalue weighted by atomic mass is 16.6. The minimum Gasteiger partial charge on any atom is -0.490 e. The van der Waals surface area contributed by atoms with Crippen LogP contribution in [0.25, 0.3) is 0 Å². The topological polar surface area (TPSA) is 81.6 Å². The Morgan fingerprint density at radius 3 is 2.85 bits per heavy atom. The van der Waals surface area contributed by atoms with E-state index in [9.17, 15) is 10.1 Å². The predicted molar refractivity (Wildman–Crippen MR) is 78.2 cm³/mol. The Balaban J connectivity index is 2.26. The van der Waals surface area contributed by atoms with E-state index in [4.69, 9.17) is 10.5 Å². The van der Waals surface area contributed by atoms with E-state index in [1.165, 1.54) is 19.6 Å². The van der Waals surface area contributed by atoms with Crippen LogP contribution in [0.5, 0.6) is 5.75 Å². The molecule has 1 fully saturated rings. The van der Waals surface area contributed by atoms with Crippen molar-refractivity contribution in [3.63, 3.8) is 0 Å². The number of nitrogens with zero attached hydrogens (tertiary/aromatic N) is 2. The molecule has 20 heavy (non-hydrogen) atoms. The van der Waals surface area contributed by atoms with Crippen molar-refractivity contribution < 1.29 is 9.66 Å². The van der Waals surface area contributed by atoms with Crippen molar-refractivity contribution in [2.75, 3.05) is 25.6 Å². The third-order valence-electron chi connectivity index (χ3n) is 4.19. The van der Waals surface area contributed by atoms with E-state index < -0.39 is 4.92 Å². The van der Waals surface area contributed by atoms with Gasteiger partial charge in [-0.05, 0) is 31.4 Å². The molecule has 110 valence electrons. The highest BCUT2D eigenvalue weighted by Gasteiger charge is 2.30. The van der Waals surface area contributed by atoms with Gasteiger partial charge in [0.2, 0.25) is 0 Å². The Kier molecular flexibility index (Phi) is 4.44. The van der Waals surface area contributed by atoms with Crippen LogP contribution in [0, 0.1) is 16.0 Å². The van der Waals surface area contributed by atoms with Crippen molar-refractivity contribution in [1.82, 2.24) is 0 Å². The molecule has 0 radical (unpaired) electrons. The lowest BCUT2D eigenvalue weighted by atomic mass is 10.0. The molecule has 2 rings (SSSR count). The first-order valence-corrected chi connectivity index (χ1v) is 6.83. The predicted octanol–water partition coefficient (Wildman–Crippen LogP) is 2.17. The quantitative estimate of drug-likeness (QED) is 0.660. The van der Waals surface area contributed by atoms with Gasteiger partial charge >= 0.3 is 5.69 Å². The van der Waals surface area contributed by atoms with Crippen LogP contribution in [-0.2, 0) is 0 Å². The summed E-state index contributed by atoms with van der Waals surface area (Å²) in [5.74, 6) is 0.780. The zero-order chi connectivity index (χ0) is 14.7. The molecule has 0 bridgehead atoms. The number of anilines is 1. The number of methoxy groups -OCH3 is 1. The lowest BCUT2D eigenvalue weighted by molar-refractivity contribution is -0.385. The molecule has 2 N–H and O–H groups in total. The third kappa shape index (κ3) is 2.70. The molecule has 0 saturated heterocycles. The number of hydrogen-bond donors (Lipinski definition) is 1. The summed E-state index contributed by atoms with van der Waals surface area (Å²) in [5, 5.41) is 10.9. The summed E-state index contributed by atoms with van der Waals surface area (Å²) in [7, 11) is 3.46. The van der Waals surface area contributed by atoms with Crippen LogP contribution in [0.4, 0.5) is 11.4 Å². The average Bonchev–Trinajstić information content (AvgIpc) is 2.93. The monoisotopic (exact) mass is 279 g/mol. The molecule has 0 aliphatic heterocycles. The number of benzene rings is 1. The smallest absolute Gasteiger partial charge is 0.311 e. The molecule has 2 unspecified atom stereocenters. The number of nitrogens with two attached hydrogens (primary N) is 1. The van der Waals surface area contributed by atoms with Crippen molar-refractivity contribution in [3.05, 3.63) is 28.3 Å². The van der Waals surface area contributed by atoms with Gasteiger partial charge in [0.25, 0.3) is 0 Å². The Hall–Kier alpha value is -1.82. The second-order valence-corrected chi connectivity index (χ2v) is 5.22. The van der Waals surface area contributed by atoms with Gasteiger partial charge in [-0.15, -0.1) is 0 Å². The lowest BCUT2D eigenvalue weighted by Gasteiger charge is -2.31. The van der Waals surface area contributed by atoms with E-state index in [0.717, 1.165) is 18.5 Å². The maximum absolute atomic E-state index is 10.9. The highest BCUT2D eigenvalue weighted by Crippen LogP contribution is 2.35. The van der Waals surface area contributed by atoms with Crippen LogP contribution < -0.4 is 15.4 Å². The molecular weight excluding hydrogens is 258 g/mol. The van der Waals surface area contributed by atoms with Crippen LogP contribution in [0.3, 0.4) is 0 Å². The second-order valence-electron chi connectivity index (χ2n) is 5.22. The second kappa shape index (κ2) is 6.09. The minimum absolute atomic E-state index is 0.00792. The molecule has 1 aliphatic rings. The van der Waals surface area contributed by atoms with Gasteiger partial charge in [-0.1, -0.05) is 6.42 Å². The fourth-order valence-electron chi connectivity index (χ4n) is 3.03. The Morgan fingerprint density at radius 1 is 1.50 bits per heavy atom. The zero-order valence-corrected chi connectivity index (χ0v) is 11.9. The normalized spacial score (nSPS) is 21.8. The Morgan fingerprint density at radius 2 is 2.25 bits per heavy atom. The first-order valence-electron chi connectivity index (χ1n) is 6.83. The summed E-state index contributed by atoms with van der Waals surface area (Å²) in [4.78, 5) is 12.6. The molecule has 6 nitrogen and oxygen atoms in total. The summed E-state index contributed by atoms with van der Waals surface area (Å²) in [6.45, 7) is 0.680. The van der Waals surface area contributed by atoms with E-state index >= 15 is 0 Å². The SMILES string of the molecule is COc1cc(N(C)C2CCCC2CN)ccc1[N+](=O)[O-]. The van der Waals surface area contributed by atoms with Gasteiger partial charge < -0.3 is 15.4 Å². The van der Waals surface area contributed by atoms with Gasteiger partial charge in [-0.25, -0.2) is 0 Å². The first kappa shape index (κ1) is 14.6. The van der Waals surface area contributed by atoms with Crippen LogP contribution >= 0.6 is 0 Å².